The Morgan fingerprint density at radius 2 is 1.75 bits per heavy atom. The van der Waals surface area contributed by atoms with Gasteiger partial charge in [-0.05, 0) is 67.6 Å². The molecule has 1 aliphatic heterocycles. The number of aryl methyl sites for hydroxylation is 1. The van der Waals surface area contributed by atoms with Crippen LogP contribution in [0.2, 0.25) is 0 Å². The standard InChI is InChI=1S/C32H36F3N5O4/c1-31(2,36)18-28(42)38-26-13-11-22-17-23(32(33,34)35)12-14-27(22)40(29(26)43)19-20-7-9-21(10-8-20)24-5-3-4-6-25(24)39-30(44)37-15-16-41/h3-10,12,14,17,26,41H,11,13,15-16,18-19,36H2,1-2H3,(H,38,42)(H2,37,39,44)/t26-/m1/s1. The number of anilines is 2. The van der Waals surface area contributed by atoms with Gasteiger partial charge in [0.15, 0.2) is 0 Å². The highest BCUT2D eigenvalue weighted by molar-refractivity contribution is 6.00. The van der Waals surface area contributed by atoms with Gasteiger partial charge >= 0.3 is 12.2 Å². The molecule has 0 saturated carbocycles. The van der Waals surface area contributed by atoms with Crippen molar-refractivity contribution in [1.82, 2.24) is 10.6 Å². The molecule has 3 aromatic carbocycles. The Labute approximate surface area is 253 Å². The maximum absolute atomic E-state index is 13.8. The highest BCUT2D eigenvalue weighted by Gasteiger charge is 2.35. The molecule has 0 fully saturated rings. The number of aliphatic hydroxyl groups is 1. The molecule has 0 aromatic heterocycles. The first-order valence-electron chi connectivity index (χ1n) is 14.2. The SMILES string of the molecule is CC(C)(N)CC(=O)N[C@@H]1CCc2cc(C(F)(F)F)ccc2N(Cc2ccc(-c3ccccc3NC(=O)NCCO)cc2)C1=O. The largest absolute Gasteiger partial charge is 0.416 e. The van der Waals surface area contributed by atoms with Crippen LogP contribution < -0.4 is 26.6 Å². The van der Waals surface area contributed by atoms with E-state index in [0.29, 0.717) is 22.5 Å². The minimum Gasteiger partial charge on any atom is -0.395 e. The van der Waals surface area contributed by atoms with Gasteiger partial charge in [-0.25, -0.2) is 4.79 Å². The van der Waals surface area contributed by atoms with Gasteiger partial charge in [0.2, 0.25) is 11.8 Å². The van der Waals surface area contributed by atoms with Gasteiger partial charge in [0.25, 0.3) is 0 Å². The van der Waals surface area contributed by atoms with Crippen LogP contribution in [0.5, 0.6) is 0 Å². The Morgan fingerprint density at radius 3 is 2.41 bits per heavy atom. The van der Waals surface area contributed by atoms with E-state index in [9.17, 15) is 27.6 Å². The van der Waals surface area contributed by atoms with Gasteiger partial charge in [-0.3, -0.25) is 9.59 Å². The average Bonchev–Trinajstić information content (AvgIpc) is 3.07. The fourth-order valence-electron chi connectivity index (χ4n) is 5.06. The third kappa shape index (κ3) is 8.35. The van der Waals surface area contributed by atoms with E-state index in [-0.39, 0.29) is 39.0 Å². The van der Waals surface area contributed by atoms with E-state index in [4.69, 9.17) is 10.8 Å². The summed E-state index contributed by atoms with van der Waals surface area (Å²) in [7, 11) is 0. The van der Waals surface area contributed by atoms with Gasteiger partial charge in [-0.15, -0.1) is 0 Å². The van der Waals surface area contributed by atoms with E-state index in [1.165, 1.54) is 11.0 Å². The van der Waals surface area contributed by atoms with Crippen LogP contribution in [-0.4, -0.2) is 47.7 Å². The summed E-state index contributed by atoms with van der Waals surface area (Å²) in [5.41, 5.74) is 7.84. The summed E-state index contributed by atoms with van der Waals surface area (Å²) in [5.74, 6) is -0.849. The quantitative estimate of drug-likeness (QED) is 0.241. The first-order chi connectivity index (χ1) is 20.7. The number of aliphatic hydroxyl groups excluding tert-OH is 1. The minimum atomic E-state index is -4.54. The fraction of sp³-hybridized carbons (Fsp3) is 0.344. The second-order valence-electron chi connectivity index (χ2n) is 11.4. The second kappa shape index (κ2) is 13.5. The van der Waals surface area contributed by atoms with Gasteiger partial charge in [0.05, 0.1) is 24.4 Å². The number of nitrogens with two attached hydrogens (primary N) is 1. The number of para-hydroxylation sites is 1. The van der Waals surface area contributed by atoms with Gasteiger partial charge in [0, 0.05) is 29.8 Å². The Hall–Kier alpha value is -4.42. The van der Waals surface area contributed by atoms with Crippen molar-refractivity contribution in [2.75, 3.05) is 23.4 Å². The number of carbonyl (C=O) groups excluding carboxylic acids is 3. The van der Waals surface area contributed by atoms with Crippen LogP contribution in [0.4, 0.5) is 29.3 Å². The first kappa shape index (κ1) is 32.5. The number of alkyl halides is 3. The third-order valence-corrected chi connectivity index (χ3v) is 7.09. The number of nitrogens with zero attached hydrogens (tertiary/aromatic N) is 1. The molecule has 234 valence electrons. The Morgan fingerprint density at radius 1 is 1.05 bits per heavy atom. The molecule has 1 atom stereocenters. The van der Waals surface area contributed by atoms with Crippen LogP contribution in [0, 0.1) is 0 Å². The predicted octanol–water partition coefficient (Wildman–Crippen LogP) is 4.58. The smallest absolute Gasteiger partial charge is 0.395 e. The number of benzene rings is 3. The summed E-state index contributed by atoms with van der Waals surface area (Å²) < 4.78 is 40.6. The lowest BCUT2D eigenvalue weighted by Crippen LogP contribution is -2.49. The average molecular weight is 612 g/mol. The van der Waals surface area contributed by atoms with Crippen molar-refractivity contribution in [2.45, 2.75) is 57.4 Å². The van der Waals surface area contributed by atoms with E-state index in [2.05, 4.69) is 16.0 Å². The van der Waals surface area contributed by atoms with E-state index in [1.807, 2.05) is 24.3 Å². The van der Waals surface area contributed by atoms with Crippen LogP contribution in [0.3, 0.4) is 0 Å². The summed E-state index contributed by atoms with van der Waals surface area (Å²) in [5, 5.41) is 17.0. The van der Waals surface area contributed by atoms with E-state index >= 15 is 0 Å². The molecule has 0 unspecified atom stereocenters. The number of halogens is 3. The molecule has 0 bridgehead atoms. The number of hydrogen-bond donors (Lipinski definition) is 5. The minimum absolute atomic E-state index is 0.0250. The van der Waals surface area contributed by atoms with Crippen molar-refractivity contribution in [3.8, 4) is 11.1 Å². The summed E-state index contributed by atoms with van der Waals surface area (Å²) >= 11 is 0. The molecule has 0 saturated heterocycles. The number of hydrogen-bond acceptors (Lipinski definition) is 5. The number of rotatable bonds is 9. The van der Waals surface area contributed by atoms with Gasteiger partial charge < -0.3 is 31.7 Å². The monoisotopic (exact) mass is 611 g/mol. The lowest BCUT2D eigenvalue weighted by molar-refractivity contribution is -0.137. The Bertz CT molecular complexity index is 1500. The summed E-state index contributed by atoms with van der Waals surface area (Å²) in [6.45, 7) is 3.34. The third-order valence-electron chi connectivity index (χ3n) is 7.09. The molecule has 9 nitrogen and oxygen atoms in total. The lowest BCUT2D eigenvalue weighted by Gasteiger charge is -2.27. The maximum Gasteiger partial charge on any atom is 0.416 e. The zero-order valence-corrected chi connectivity index (χ0v) is 24.5. The fourth-order valence-corrected chi connectivity index (χ4v) is 5.06. The molecule has 0 spiro atoms. The number of fused-ring (bicyclic) bond motifs is 1. The van der Waals surface area contributed by atoms with Crippen molar-refractivity contribution in [3.05, 3.63) is 83.4 Å². The molecule has 12 heteroatoms. The molecule has 1 heterocycles. The normalized spacial score (nSPS) is 15.3. The highest BCUT2D eigenvalue weighted by Crippen LogP contribution is 2.36. The number of urea groups is 1. The number of nitrogens with one attached hydrogen (secondary N) is 3. The second-order valence-corrected chi connectivity index (χ2v) is 11.4. The van der Waals surface area contributed by atoms with E-state index in [0.717, 1.165) is 23.3 Å². The molecule has 1 aliphatic rings. The van der Waals surface area contributed by atoms with Crippen LogP contribution in [-0.2, 0) is 28.7 Å². The van der Waals surface area contributed by atoms with Gasteiger partial charge in [-0.1, -0.05) is 42.5 Å². The Kier molecular flexibility index (Phi) is 9.95. The molecular weight excluding hydrogens is 575 g/mol. The molecular formula is C32H36F3N5O4. The Balaban J connectivity index is 1.62. The predicted molar refractivity (Wildman–Crippen MR) is 162 cm³/mol. The van der Waals surface area contributed by atoms with Crippen molar-refractivity contribution in [3.63, 3.8) is 0 Å². The molecule has 0 radical (unpaired) electrons. The first-order valence-corrected chi connectivity index (χ1v) is 14.2. The van der Waals surface area contributed by atoms with E-state index < -0.39 is 41.2 Å². The van der Waals surface area contributed by atoms with Crippen molar-refractivity contribution < 1.29 is 32.7 Å². The summed E-state index contributed by atoms with van der Waals surface area (Å²) in [4.78, 5) is 40.1. The van der Waals surface area contributed by atoms with Gasteiger partial charge in [-0.2, -0.15) is 13.2 Å². The van der Waals surface area contributed by atoms with Crippen molar-refractivity contribution in [1.29, 1.82) is 0 Å². The maximum atomic E-state index is 13.8. The van der Waals surface area contributed by atoms with Crippen LogP contribution in [0.25, 0.3) is 11.1 Å². The van der Waals surface area contributed by atoms with Crippen LogP contribution in [0.15, 0.2) is 66.7 Å². The van der Waals surface area contributed by atoms with E-state index in [1.54, 1.807) is 38.1 Å². The molecule has 4 rings (SSSR count). The molecule has 4 amide bonds. The molecule has 0 aliphatic carbocycles. The van der Waals surface area contributed by atoms with Gasteiger partial charge in [0.1, 0.15) is 6.04 Å². The molecule has 6 N–H and O–H groups in total. The number of carbonyl (C=O) groups is 3. The van der Waals surface area contributed by atoms with Crippen molar-refractivity contribution >= 4 is 29.2 Å². The van der Waals surface area contributed by atoms with Crippen LogP contribution >= 0.6 is 0 Å². The molecule has 3 aromatic rings. The topological polar surface area (TPSA) is 137 Å². The summed E-state index contributed by atoms with van der Waals surface area (Å²) in [6.07, 6.45) is -4.28. The summed E-state index contributed by atoms with van der Waals surface area (Å²) in [6, 6.07) is 16.3. The molecule has 44 heavy (non-hydrogen) atoms. The van der Waals surface area contributed by atoms with Crippen molar-refractivity contribution in [2.24, 2.45) is 5.73 Å². The van der Waals surface area contributed by atoms with Crippen LogP contribution in [0.1, 0.15) is 43.4 Å². The zero-order valence-electron chi connectivity index (χ0n) is 24.5. The number of amides is 4. The highest BCUT2D eigenvalue weighted by atomic mass is 19.4. The zero-order chi connectivity index (χ0) is 32.1. The lowest BCUT2D eigenvalue weighted by atomic mass is 10.0.